The first kappa shape index (κ1) is 26.3. The number of nitrogens with zero attached hydrogens (tertiary/aromatic N) is 7. The average Bonchev–Trinajstić information content (AvgIpc) is 3.37. The molecule has 1 aliphatic rings. The third-order valence-electron chi connectivity index (χ3n) is 7.35. The van der Waals surface area contributed by atoms with E-state index in [1.807, 2.05) is 54.6 Å². The molecule has 3 aromatic heterocycles. The molecule has 0 aliphatic carbocycles. The predicted molar refractivity (Wildman–Crippen MR) is 160 cm³/mol. The van der Waals surface area contributed by atoms with E-state index in [-0.39, 0.29) is 19.1 Å². The van der Waals surface area contributed by atoms with Gasteiger partial charge in [0.2, 0.25) is 5.95 Å². The van der Waals surface area contributed by atoms with Gasteiger partial charge in [-0.25, -0.2) is 14.8 Å². The summed E-state index contributed by atoms with van der Waals surface area (Å²) in [5.41, 5.74) is 7.49. The van der Waals surface area contributed by atoms with Crippen molar-refractivity contribution in [2.75, 3.05) is 23.3 Å². The van der Waals surface area contributed by atoms with E-state index in [4.69, 9.17) is 20.7 Å². The molecule has 41 heavy (non-hydrogen) atoms. The van der Waals surface area contributed by atoms with Gasteiger partial charge in [0.15, 0.2) is 17.0 Å². The maximum atomic E-state index is 14.0. The molecule has 1 fully saturated rings. The van der Waals surface area contributed by atoms with Crippen molar-refractivity contribution in [1.29, 1.82) is 0 Å². The van der Waals surface area contributed by atoms with E-state index < -0.39 is 11.2 Å². The van der Waals surface area contributed by atoms with E-state index in [0.29, 0.717) is 40.8 Å². The molecule has 1 saturated heterocycles. The summed E-state index contributed by atoms with van der Waals surface area (Å²) in [7, 11) is 1.62. The van der Waals surface area contributed by atoms with E-state index in [0.717, 1.165) is 30.5 Å². The summed E-state index contributed by atoms with van der Waals surface area (Å²) in [6.07, 6.45) is 1.86. The smallest absolute Gasteiger partial charge is 0.332 e. The first-order valence-electron chi connectivity index (χ1n) is 13.6. The highest BCUT2D eigenvalue weighted by atomic mass is 16.2. The summed E-state index contributed by atoms with van der Waals surface area (Å²) < 4.78 is 4.37. The van der Waals surface area contributed by atoms with Crippen LogP contribution in [0.15, 0.2) is 64.2 Å². The fraction of sp³-hybridized carbons (Fsp3) is 0.300. The van der Waals surface area contributed by atoms with Gasteiger partial charge in [0.25, 0.3) is 5.56 Å². The number of fused-ring (bicyclic) bond motifs is 2. The molecule has 1 atom stereocenters. The molecule has 11 heteroatoms. The van der Waals surface area contributed by atoms with Crippen LogP contribution in [0.3, 0.4) is 0 Å². The normalized spacial score (nSPS) is 15.2. The summed E-state index contributed by atoms with van der Waals surface area (Å²) in [4.78, 5) is 43.9. The Morgan fingerprint density at radius 2 is 1.80 bits per heavy atom. The predicted octanol–water partition coefficient (Wildman–Crippen LogP) is 2.58. The Morgan fingerprint density at radius 3 is 2.59 bits per heavy atom. The van der Waals surface area contributed by atoms with Crippen LogP contribution in [0, 0.1) is 11.8 Å². The standard InChI is InChI=1S/C30H31N9O2/c1-3-4-17-38-25-27(35-29(38)37-16-10-11-20(31)18-37)36(2)30(41)39(28(25)40)19-24-33-23-15-9-8-14-22(23)26(34-24)32-21-12-6-5-7-13-21/h5-9,12-15,20H,10-11,16-19,31H2,1-2H3,(H,32,33,34). The van der Waals surface area contributed by atoms with Crippen LogP contribution in [0.2, 0.25) is 0 Å². The van der Waals surface area contributed by atoms with Crippen LogP contribution < -0.4 is 27.2 Å². The van der Waals surface area contributed by atoms with Gasteiger partial charge in [-0.15, -0.1) is 5.92 Å². The fourth-order valence-electron chi connectivity index (χ4n) is 5.33. The number of benzene rings is 2. The van der Waals surface area contributed by atoms with E-state index in [1.165, 1.54) is 9.13 Å². The molecule has 5 aromatic rings. The van der Waals surface area contributed by atoms with Gasteiger partial charge in [0, 0.05) is 37.3 Å². The number of aromatic nitrogens is 6. The molecule has 0 spiro atoms. The van der Waals surface area contributed by atoms with Gasteiger partial charge in [-0.1, -0.05) is 36.3 Å². The highest BCUT2D eigenvalue weighted by molar-refractivity contribution is 5.90. The summed E-state index contributed by atoms with van der Waals surface area (Å²) in [5, 5.41) is 4.18. The zero-order chi connectivity index (χ0) is 28.5. The first-order chi connectivity index (χ1) is 19.9. The number of anilines is 3. The minimum absolute atomic E-state index is 0.0125. The van der Waals surface area contributed by atoms with Gasteiger partial charge >= 0.3 is 5.69 Å². The first-order valence-corrected chi connectivity index (χ1v) is 13.6. The quantitative estimate of drug-likeness (QED) is 0.309. The molecule has 0 saturated carbocycles. The van der Waals surface area contributed by atoms with Crippen LogP contribution in [0.4, 0.5) is 17.5 Å². The molecule has 11 nitrogen and oxygen atoms in total. The van der Waals surface area contributed by atoms with Crippen molar-refractivity contribution in [3.05, 3.63) is 81.3 Å². The Hall–Kier alpha value is -4.95. The monoisotopic (exact) mass is 549 g/mol. The van der Waals surface area contributed by atoms with E-state index >= 15 is 0 Å². The number of hydrogen-bond donors (Lipinski definition) is 2. The van der Waals surface area contributed by atoms with Gasteiger partial charge in [-0.2, -0.15) is 4.98 Å². The Bertz CT molecular complexity index is 1930. The molecule has 0 bridgehead atoms. The number of aryl methyl sites for hydroxylation is 1. The van der Waals surface area contributed by atoms with E-state index in [2.05, 4.69) is 22.1 Å². The summed E-state index contributed by atoms with van der Waals surface area (Å²) in [6, 6.07) is 17.3. The van der Waals surface area contributed by atoms with Crippen molar-refractivity contribution in [3.63, 3.8) is 0 Å². The second kappa shape index (κ2) is 10.9. The Morgan fingerprint density at radius 1 is 1.02 bits per heavy atom. The van der Waals surface area contributed by atoms with Crippen molar-refractivity contribution in [2.24, 2.45) is 12.8 Å². The molecule has 208 valence electrons. The summed E-state index contributed by atoms with van der Waals surface area (Å²) in [5.74, 6) is 7.49. The number of hydrogen-bond acceptors (Lipinski definition) is 8. The lowest BCUT2D eigenvalue weighted by Gasteiger charge is -2.31. The van der Waals surface area contributed by atoms with Crippen LogP contribution in [-0.4, -0.2) is 47.8 Å². The van der Waals surface area contributed by atoms with Crippen molar-refractivity contribution in [1.82, 2.24) is 28.7 Å². The lowest BCUT2D eigenvalue weighted by molar-refractivity contribution is 0.496. The second-order valence-corrected chi connectivity index (χ2v) is 10.2. The Labute approximate surface area is 236 Å². The molecule has 0 amide bonds. The van der Waals surface area contributed by atoms with Gasteiger partial charge in [0.1, 0.15) is 5.82 Å². The van der Waals surface area contributed by atoms with Crippen LogP contribution >= 0.6 is 0 Å². The van der Waals surface area contributed by atoms with Crippen LogP contribution in [0.1, 0.15) is 25.6 Å². The molecule has 4 heterocycles. The molecular formula is C30H31N9O2. The van der Waals surface area contributed by atoms with Crippen molar-refractivity contribution >= 4 is 39.5 Å². The molecule has 1 unspecified atom stereocenters. The number of piperidine rings is 1. The van der Waals surface area contributed by atoms with E-state index in [9.17, 15) is 9.59 Å². The third kappa shape index (κ3) is 4.94. The molecule has 6 rings (SSSR count). The van der Waals surface area contributed by atoms with E-state index in [1.54, 1.807) is 18.5 Å². The summed E-state index contributed by atoms with van der Waals surface area (Å²) in [6.45, 7) is 3.29. The third-order valence-corrected chi connectivity index (χ3v) is 7.35. The topological polar surface area (TPSA) is 129 Å². The lowest BCUT2D eigenvalue weighted by atomic mass is 10.1. The van der Waals surface area contributed by atoms with Crippen LogP contribution in [0.25, 0.3) is 22.1 Å². The zero-order valence-corrected chi connectivity index (χ0v) is 23.0. The minimum atomic E-state index is -0.495. The van der Waals surface area contributed by atoms with Crippen LogP contribution in [0.5, 0.6) is 0 Å². The van der Waals surface area contributed by atoms with Gasteiger partial charge < -0.3 is 16.0 Å². The number of rotatable bonds is 6. The van der Waals surface area contributed by atoms with Crippen molar-refractivity contribution in [2.45, 2.75) is 38.9 Å². The highest BCUT2D eigenvalue weighted by Gasteiger charge is 2.26. The number of imidazole rings is 1. The van der Waals surface area contributed by atoms with Gasteiger partial charge in [-0.3, -0.25) is 18.5 Å². The molecule has 0 radical (unpaired) electrons. The fourth-order valence-corrected chi connectivity index (χ4v) is 5.33. The number of nitrogens with one attached hydrogen (secondary N) is 1. The average molecular weight is 550 g/mol. The number of nitrogens with two attached hydrogens (primary N) is 1. The minimum Gasteiger partial charge on any atom is -0.341 e. The second-order valence-electron chi connectivity index (χ2n) is 10.2. The van der Waals surface area contributed by atoms with Crippen LogP contribution in [-0.2, 0) is 20.1 Å². The molecule has 3 N–H and O–H groups in total. The SMILES string of the molecule is CC#CCn1c(N2CCCC(N)C2)nc2c1c(=O)n(Cc1nc(Nc3ccccc3)c3ccccc3n1)c(=O)n2C. The summed E-state index contributed by atoms with van der Waals surface area (Å²) >= 11 is 0. The zero-order valence-electron chi connectivity index (χ0n) is 23.0. The van der Waals surface area contributed by atoms with Crippen molar-refractivity contribution < 1.29 is 0 Å². The maximum Gasteiger partial charge on any atom is 0.332 e. The van der Waals surface area contributed by atoms with Gasteiger partial charge in [-0.05, 0) is 44.0 Å². The highest BCUT2D eigenvalue weighted by Crippen LogP contribution is 2.25. The molecular weight excluding hydrogens is 518 g/mol. The Kier molecular flexibility index (Phi) is 6.99. The maximum absolute atomic E-state index is 14.0. The van der Waals surface area contributed by atoms with Gasteiger partial charge in [0.05, 0.1) is 18.6 Å². The largest absolute Gasteiger partial charge is 0.341 e. The Balaban J connectivity index is 1.49. The molecule has 1 aliphatic heterocycles. The number of para-hydroxylation sites is 2. The van der Waals surface area contributed by atoms with Crippen molar-refractivity contribution in [3.8, 4) is 11.8 Å². The lowest BCUT2D eigenvalue weighted by Crippen LogP contribution is -2.44. The molecule has 2 aromatic carbocycles.